The molecule has 2 N–H and O–H groups in total. The van der Waals surface area contributed by atoms with E-state index >= 15 is 0 Å². The fraction of sp³-hybridized carbons (Fsp3) is 0.333. The molecule has 1 aliphatic heterocycles. The van der Waals surface area contributed by atoms with Crippen LogP contribution >= 0.6 is 0 Å². The van der Waals surface area contributed by atoms with Gasteiger partial charge >= 0.3 is 5.97 Å². The number of hydrogen-bond donors (Lipinski definition) is 2. The van der Waals surface area contributed by atoms with Crippen molar-refractivity contribution in [3.8, 4) is 0 Å². The van der Waals surface area contributed by atoms with E-state index in [9.17, 15) is 18.0 Å². The molecule has 3 rings (SSSR count). The van der Waals surface area contributed by atoms with Gasteiger partial charge < -0.3 is 20.3 Å². The highest BCUT2D eigenvalue weighted by atomic mass is 32.2. The number of carbonyl (C=O) groups excluding carboxylic acids is 2. The van der Waals surface area contributed by atoms with E-state index < -0.39 is 16.0 Å². The highest BCUT2D eigenvalue weighted by molar-refractivity contribution is 7.92. The van der Waals surface area contributed by atoms with E-state index in [4.69, 9.17) is 4.74 Å². The molecular weight excluding hydrogens is 456 g/mol. The Morgan fingerprint density at radius 1 is 1.09 bits per heavy atom. The van der Waals surface area contributed by atoms with E-state index in [2.05, 4.69) is 10.6 Å². The number of anilines is 3. The molecule has 0 aliphatic carbocycles. The van der Waals surface area contributed by atoms with Gasteiger partial charge in [-0.3, -0.25) is 9.10 Å². The summed E-state index contributed by atoms with van der Waals surface area (Å²) in [6.07, 6.45) is 1.75. The van der Waals surface area contributed by atoms with Crippen LogP contribution in [0.3, 0.4) is 0 Å². The molecule has 0 saturated heterocycles. The Labute approximate surface area is 200 Å². The van der Waals surface area contributed by atoms with Crippen molar-refractivity contribution < 1.29 is 22.7 Å². The molecule has 0 bridgehead atoms. The molecule has 0 saturated carbocycles. The summed E-state index contributed by atoms with van der Waals surface area (Å²) in [6, 6.07) is 12.0. The molecule has 0 unspecified atom stereocenters. The number of rotatable bonds is 9. The normalized spacial score (nSPS) is 14.5. The highest BCUT2D eigenvalue weighted by Crippen LogP contribution is 2.36. The quantitative estimate of drug-likeness (QED) is 0.414. The number of methoxy groups -OCH3 is 1. The zero-order valence-electron chi connectivity index (χ0n) is 20.0. The number of amides is 1. The van der Waals surface area contributed by atoms with Crippen molar-refractivity contribution >= 4 is 44.5 Å². The minimum Gasteiger partial charge on any atom is -0.465 e. The second-order valence-electron chi connectivity index (χ2n) is 8.22. The van der Waals surface area contributed by atoms with Crippen LogP contribution in [0.1, 0.15) is 29.3 Å². The first-order valence-electron chi connectivity index (χ1n) is 10.8. The van der Waals surface area contributed by atoms with Gasteiger partial charge in [0, 0.05) is 30.0 Å². The van der Waals surface area contributed by atoms with Crippen LogP contribution < -0.4 is 14.9 Å². The third kappa shape index (κ3) is 5.57. The van der Waals surface area contributed by atoms with Crippen molar-refractivity contribution in [2.75, 3.05) is 55.5 Å². The number of allylic oxidation sites excluding steroid dienone is 1. The molecule has 2 aromatic carbocycles. The minimum atomic E-state index is -3.43. The fourth-order valence-electron chi connectivity index (χ4n) is 3.71. The van der Waals surface area contributed by atoms with Gasteiger partial charge in [-0.15, -0.1) is 0 Å². The first-order valence-corrected chi connectivity index (χ1v) is 12.7. The van der Waals surface area contributed by atoms with Gasteiger partial charge in [0.1, 0.15) is 0 Å². The molecular formula is C24H30N4O5S. The van der Waals surface area contributed by atoms with E-state index in [-0.39, 0.29) is 5.91 Å². The third-order valence-corrected chi connectivity index (χ3v) is 6.64. The minimum absolute atomic E-state index is 0.259. The van der Waals surface area contributed by atoms with Crippen LogP contribution in [0.2, 0.25) is 0 Å². The van der Waals surface area contributed by atoms with Crippen LogP contribution in [0.25, 0.3) is 5.57 Å². The smallest absolute Gasteiger partial charge is 0.337 e. The van der Waals surface area contributed by atoms with Crippen LogP contribution in [0.5, 0.6) is 0 Å². The first kappa shape index (κ1) is 25.3. The Balaban J connectivity index is 1.89. The largest absolute Gasteiger partial charge is 0.465 e. The second-order valence-corrected chi connectivity index (χ2v) is 10.1. The molecule has 1 heterocycles. The molecule has 9 nitrogen and oxygen atoms in total. The second kappa shape index (κ2) is 10.3. The number of carbonyl (C=O) groups is 2. The summed E-state index contributed by atoms with van der Waals surface area (Å²) in [4.78, 5) is 26.5. The van der Waals surface area contributed by atoms with Gasteiger partial charge in [-0.05, 0) is 56.9 Å². The van der Waals surface area contributed by atoms with Crippen LogP contribution in [0, 0.1) is 0 Å². The standard InChI is InChI=1S/C24H30N4O5S/c1-6-20(22-19-12-7-16(24(30)33-4)15-21(19)26-23(22)29)25-17-8-10-18(11-9-17)28(34(5,31)32)14-13-27(2)3/h7-12,15,25H,6,13-14H2,1-5H3,(H,26,29). The molecule has 1 amide bonds. The van der Waals surface area contributed by atoms with E-state index in [0.717, 1.165) is 5.69 Å². The van der Waals surface area contributed by atoms with Crippen LogP contribution in [-0.4, -0.2) is 65.7 Å². The van der Waals surface area contributed by atoms with E-state index in [1.807, 2.05) is 25.9 Å². The summed E-state index contributed by atoms with van der Waals surface area (Å²) in [5.74, 6) is -0.734. The number of benzene rings is 2. The summed E-state index contributed by atoms with van der Waals surface area (Å²) in [5.41, 5.74) is 4.11. The van der Waals surface area contributed by atoms with E-state index in [0.29, 0.717) is 53.3 Å². The molecule has 0 atom stereocenters. The molecule has 0 fully saturated rings. The number of nitrogens with one attached hydrogen (secondary N) is 2. The maximum atomic E-state index is 12.8. The van der Waals surface area contributed by atoms with Crippen LogP contribution in [0.4, 0.5) is 17.1 Å². The average Bonchev–Trinajstić information content (AvgIpc) is 3.11. The Morgan fingerprint density at radius 3 is 2.32 bits per heavy atom. The van der Waals surface area contributed by atoms with Gasteiger partial charge in [0.05, 0.1) is 35.9 Å². The van der Waals surface area contributed by atoms with Gasteiger partial charge in [-0.1, -0.05) is 13.0 Å². The Hall–Kier alpha value is -3.37. The lowest BCUT2D eigenvalue weighted by Crippen LogP contribution is -2.35. The fourth-order valence-corrected chi connectivity index (χ4v) is 4.63. The number of likely N-dealkylation sites (N-methyl/N-ethyl adjacent to an activating group) is 1. The SMILES string of the molecule is CCC(Nc1ccc(N(CCN(C)C)S(C)(=O)=O)cc1)=C1C(=O)Nc2cc(C(=O)OC)ccc21. The van der Waals surface area contributed by atoms with Gasteiger partial charge in [0.25, 0.3) is 5.91 Å². The maximum Gasteiger partial charge on any atom is 0.337 e. The lowest BCUT2D eigenvalue weighted by atomic mass is 10.0. The molecule has 34 heavy (non-hydrogen) atoms. The average molecular weight is 487 g/mol. The van der Waals surface area contributed by atoms with Gasteiger partial charge in [-0.2, -0.15) is 0 Å². The van der Waals surface area contributed by atoms with Crippen molar-refractivity contribution in [2.45, 2.75) is 13.3 Å². The molecule has 1 aliphatic rings. The summed E-state index contributed by atoms with van der Waals surface area (Å²) < 4.78 is 30.7. The predicted octanol–water partition coefficient (Wildman–Crippen LogP) is 2.99. The number of ether oxygens (including phenoxy) is 1. The van der Waals surface area contributed by atoms with Gasteiger partial charge in [0.2, 0.25) is 10.0 Å². The lowest BCUT2D eigenvalue weighted by molar-refractivity contribution is -0.110. The molecule has 0 spiro atoms. The number of nitrogens with zero attached hydrogens (tertiary/aromatic N) is 2. The van der Waals surface area contributed by atoms with Crippen molar-refractivity contribution in [1.29, 1.82) is 0 Å². The molecule has 0 radical (unpaired) electrons. The zero-order chi connectivity index (χ0) is 25.0. The highest BCUT2D eigenvalue weighted by Gasteiger charge is 2.28. The molecule has 10 heteroatoms. The summed E-state index contributed by atoms with van der Waals surface area (Å²) in [5, 5.41) is 6.11. The number of fused-ring (bicyclic) bond motifs is 1. The number of esters is 1. The summed E-state index contributed by atoms with van der Waals surface area (Å²) in [6.45, 7) is 2.86. The first-order chi connectivity index (χ1) is 16.0. The zero-order valence-corrected chi connectivity index (χ0v) is 20.8. The van der Waals surface area contributed by atoms with Crippen LogP contribution in [-0.2, 0) is 19.6 Å². The van der Waals surface area contributed by atoms with Crippen molar-refractivity contribution in [1.82, 2.24) is 4.90 Å². The third-order valence-electron chi connectivity index (χ3n) is 5.44. The summed E-state index contributed by atoms with van der Waals surface area (Å²) in [7, 11) is 1.66. The number of hydrogen-bond acceptors (Lipinski definition) is 7. The Morgan fingerprint density at radius 2 is 1.76 bits per heavy atom. The molecule has 2 aromatic rings. The number of sulfonamides is 1. The van der Waals surface area contributed by atoms with Gasteiger partial charge in [0.15, 0.2) is 0 Å². The molecule has 0 aromatic heterocycles. The predicted molar refractivity (Wildman–Crippen MR) is 134 cm³/mol. The Kier molecular flexibility index (Phi) is 7.63. The Bertz CT molecular complexity index is 1220. The maximum absolute atomic E-state index is 12.8. The van der Waals surface area contributed by atoms with Crippen LogP contribution in [0.15, 0.2) is 48.2 Å². The van der Waals surface area contributed by atoms with Crippen molar-refractivity contribution in [3.05, 3.63) is 59.3 Å². The van der Waals surface area contributed by atoms with Gasteiger partial charge in [-0.25, -0.2) is 13.2 Å². The van der Waals surface area contributed by atoms with Crippen molar-refractivity contribution in [3.63, 3.8) is 0 Å². The summed E-state index contributed by atoms with van der Waals surface area (Å²) >= 11 is 0. The lowest BCUT2D eigenvalue weighted by Gasteiger charge is -2.24. The topological polar surface area (TPSA) is 108 Å². The van der Waals surface area contributed by atoms with Crippen molar-refractivity contribution in [2.24, 2.45) is 0 Å². The van der Waals surface area contributed by atoms with E-state index in [1.165, 1.54) is 17.7 Å². The van der Waals surface area contributed by atoms with E-state index in [1.54, 1.807) is 42.5 Å². The molecule has 182 valence electrons. The monoisotopic (exact) mass is 486 g/mol.